The minimum Gasteiger partial charge on any atom is -0.354 e. The van der Waals surface area contributed by atoms with Crippen LogP contribution in [0.1, 0.15) is 21.6 Å². The SMILES string of the molecule is Cc1ccc2c(c1)c(C(=O)NCc1cccnc1N1CCN(C)CC1)nn2C. The van der Waals surface area contributed by atoms with Crippen molar-refractivity contribution in [3.8, 4) is 0 Å². The topological polar surface area (TPSA) is 66.3 Å². The standard InChI is InChI=1S/C21H26N6O/c1-15-6-7-18-17(13-15)19(24-26(18)3)21(28)23-14-16-5-4-8-22-20(16)27-11-9-25(2)10-12-27/h4-8,13H,9-12,14H2,1-3H3,(H,23,28). The van der Waals surface area contributed by atoms with Gasteiger partial charge < -0.3 is 15.1 Å². The van der Waals surface area contributed by atoms with Crippen molar-refractivity contribution in [3.05, 3.63) is 53.3 Å². The Balaban J connectivity index is 1.53. The van der Waals surface area contributed by atoms with E-state index in [0.717, 1.165) is 54.0 Å². The molecule has 1 amide bonds. The molecule has 1 N–H and O–H groups in total. The van der Waals surface area contributed by atoms with Crippen LogP contribution in [-0.2, 0) is 13.6 Å². The molecule has 1 aliphatic rings. The maximum Gasteiger partial charge on any atom is 0.272 e. The highest BCUT2D eigenvalue weighted by Gasteiger charge is 2.20. The van der Waals surface area contributed by atoms with Crippen LogP contribution in [0.3, 0.4) is 0 Å². The van der Waals surface area contributed by atoms with Gasteiger partial charge in [-0.1, -0.05) is 17.7 Å². The summed E-state index contributed by atoms with van der Waals surface area (Å²) >= 11 is 0. The van der Waals surface area contributed by atoms with Gasteiger partial charge in [-0.2, -0.15) is 5.10 Å². The molecule has 1 saturated heterocycles. The van der Waals surface area contributed by atoms with E-state index in [4.69, 9.17) is 0 Å². The van der Waals surface area contributed by atoms with Crippen LogP contribution in [0.15, 0.2) is 36.5 Å². The van der Waals surface area contributed by atoms with E-state index in [2.05, 4.69) is 32.2 Å². The van der Waals surface area contributed by atoms with Crippen LogP contribution in [0.25, 0.3) is 10.9 Å². The zero-order valence-corrected chi connectivity index (χ0v) is 16.6. The Morgan fingerprint density at radius 1 is 1.14 bits per heavy atom. The predicted octanol–water partition coefficient (Wildman–Crippen LogP) is 1.96. The third kappa shape index (κ3) is 3.57. The number of hydrogen-bond donors (Lipinski definition) is 1. The lowest BCUT2D eigenvalue weighted by molar-refractivity contribution is 0.0947. The fourth-order valence-electron chi connectivity index (χ4n) is 3.68. The average molecular weight is 378 g/mol. The van der Waals surface area contributed by atoms with Crippen LogP contribution >= 0.6 is 0 Å². The molecular weight excluding hydrogens is 352 g/mol. The number of benzene rings is 1. The number of rotatable bonds is 4. The molecule has 0 atom stereocenters. The molecule has 0 aliphatic carbocycles. The van der Waals surface area contributed by atoms with Crippen molar-refractivity contribution in [2.75, 3.05) is 38.1 Å². The van der Waals surface area contributed by atoms with E-state index in [-0.39, 0.29) is 5.91 Å². The van der Waals surface area contributed by atoms with Gasteiger partial charge in [-0.05, 0) is 32.2 Å². The molecule has 3 aromatic rings. The first-order valence-corrected chi connectivity index (χ1v) is 9.62. The second-order valence-electron chi connectivity index (χ2n) is 7.45. The average Bonchev–Trinajstić information content (AvgIpc) is 3.03. The maximum absolute atomic E-state index is 12.9. The van der Waals surface area contributed by atoms with Crippen LogP contribution in [0.4, 0.5) is 5.82 Å². The molecule has 0 saturated carbocycles. The van der Waals surface area contributed by atoms with Crippen molar-refractivity contribution in [1.82, 2.24) is 25.0 Å². The lowest BCUT2D eigenvalue weighted by atomic mass is 10.1. The molecule has 2 aromatic heterocycles. The third-order valence-electron chi connectivity index (χ3n) is 5.33. The summed E-state index contributed by atoms with van der Waals surface area (Å²) in [6.07, 6.45) is 1.81. The number of aromatic nitrogens is 3. The summed E-state index contributed by atoms with van der Waals surface area (Å²) in [5, 5.41) is 8.35. The number of carbonyl (C=O) groups is 1. The third-order valence-corrected chi connectivity index (χ3v) is 5.33. The molecule has 4 rings (SSSR count). The monoisotopic (exact) mass is 378 g/mol. The number of piperazine rings is 1. The van der Waals surface area contributed by atoms with Crippen molar-refractivity contribution in [2.45, 2.75) is 13.5 Å². The summed E-state index contributed by atoms with van der Waals surface area (Å²) in [6.45, 7) is 6.37. The van der Waals surface area contributed by atoms with Gasteiger partial charge in [0.2, 0.25) is 0 Å². The number of carbonyl (C=O) groups excluding carboxylic acids is 1. The summed E-state index contributed by atoms with van der Waals surface area (Å²) in [6, 6.07) is 9.99. The Morgan fingerprint density at radius 3 is 2.71 bits per heavy atom. The van der Waals surface area contributed by atoms with Crippen molar-refractivity contribution in [1.29, 1.82) is 0 Å². The molecule has 1 aromatic carbocycles. The molecule has 7 heteroatoms. The first kappa shape index (κ1) is 18.4. The minimum absolute atomic E-state index is 0.163. The van der Waals surface area contributed by atoms with Crippen LogP contribution in [0.5, 0.6) is 0 Å². The van der Waals surface area contributed by atoms with E-state index < -0.39 is 0 Å². The molecule has 146 valence electrons. The van der Waals surface area contributed by atoms with E-state index in [1.165, 1.54) is 0 Å². The Bertz CT molecular complexity index is 1000. The van der Waals surface area contributed by atoms with Gasteiger partial charge in [0.15, 0.2) is 5.69 Å². The molecule has 0 bridgehead atoms. The number of pyridine rings is 1. The van der Waals surface area contributed by atoms with E-state index in [1.54, 1.807) is 4.68 Å². The minimum atomic E-state index is -0.163. The van der Waals surface area contributed by atoms with Crippen LogP contribution in [-0.4, -0.2) is 58.8 Å². The molecule has 1 fully saturated rings. The molecule has 0 radical (unpaired) electrons. The van der Waals surface area contributed by atoms with Gasteiger partial charge in [0.1, 0.15) is 5.82 Å². The zero-order valence-electron chi connectivity index (χ0n) is 16.6. The highest BCUT2D eigenvalue weighted by atomic mass is 16.1. The smallest absolute Gasteiger partial charge is 0.272 e. The van der Waals surface area contributed by atoms with Crippen molar-refractivity contribution >= 4 is 22.6 Å². The van der Waals surface area contributed by atoms with E-state index >= 15 is 0 Å². The van der Waals surface area contributed by atoms with Gasteiger partial charge in [0.05, 0.1) is 5.52 Å². The molecule has 28 heavy (non-hydrogen) atoms. The fourth-order valence-corrected chi connectivity index (χ4v) is 3.68. The lowest BCUT2D eigenvalue weighted by Gasteiger charge is -2.34. The summed E-state index contributed by atoms with van der Waals surface area (Å²) in [5.41, 5.74) is 3.55. The fraction of sp³-hybridized carbons (Fsp3) is 0.381. The quantitative estimate of drug-likeness (QED) is 0.752. The summed E-state index contributed by atoms with van der Waals surface area (Å²) in [4.78, 5) is 22.0. The van der Waals surface area contributed by atoms with Crippen molar-refractivity contribution in [2.24, 2.45) is 7.05 Å². The highest BCUT2D eigenvalue weighted by Crippen LogP contribution is 2.21. The van der Waals surface area contributed by atoms with E-state index in [9.17, 15) is 4.79 Å². The van der Waals surface area contributed by atoms with Gasteiger partial charge in [-0.3, -0.25) is 9.48 Å². The van der Waals surface area contributed by atoms with Crippen molar-refractivity contribution in [3.63, 3.8) is 0 Å². The first-order chi connectivity index (χ1) is 13.5. The van der Waals surface area contributed by atoms with Gasteiger partial charge in [-0.15, -0.1) is 0 Å². The normalized spacial score (nSPS) is 15.2. The van der Waals surface area contributed by atoms with E-state index in [0.29, 0.717) is 12.2 Å². The van der Waals surface area contributed by atoms with Crippen LogP contribution < -0.4 is 10.2 Å². The van der Waals surface area contributed by atoms with Crippen LogP contribution in [0.2, 0.25) is 0 Å². The number of likely N-dealkylation sites (N-methyl/N-ethyl adjacent to an activating group) is 1. The van der Waals surface area contributed by atoms with Crippen LogP contribution in [0, 0.1) is 6.92 Å². The number of nitrogens with zero attached hydrogens (tertiary/aromatic N) is 5. The number of hydrogen-bond acceptors (Lipinski definition) is 5. The largest absolute Gasteiger partial charge is 0.354 e. The highest BCUT2D eigenvalue weighted by molar-refractivity contribution is 6.05. The number of anilines is 1. The van der Waals surface area contributed by atoms with Gasteiger partial charge in [0.25, 0.3) is 5.91 Å². The summed E-state index contributed by atoms with van der Waals surface area (Å²) < 4.78 is 1.75. The molecule has 7 nitrogen and oxygen atoms in total. The van der Waals surface area contributed by atoms with Crippen molar-refractivity contribution < 1.29 is 4.79 Å². The zero-order chi connectivity index (χ0) is 19.7. The Kier molecular flexibility index (Phi) is 5.00. The molecule has 0 unspecified atom stereocenters. The first-order valence-electron chi connectivity index (χ1n) is 9.62. The maximum atomic E-state index is 12.9. The molecular formula is C21H26N6O. The second-order valence-corrected chi connectivity index (χ2v) is 7.45. The predicted molar refractivity (Wildman–Crippen MR) is 111 cm³/mol. The van der Waals surface area contributed by atoms with E-state index in [1.807, 2.05) is 50.5 Å². The number of fused-ring (bicyclic) bond motifs is 1. The Morgan fingerprint density at radius 2 is 1.93 bits per heavy atom. The van der Waals surface area contributed by atoms with Gasteiger partial charge >= 0.3 is 0 Å². The molecule has 0 spiro atoms. The molecule has 3 heterocycles. The second kappa shape index (κ2) is 7.59. The van der Waals surface area contributed by atoms with Gasteiger partial charge in [-0.25, -0.2) is 4.98 Å². The Hall–Kier alpha value is -2.93. The number of nitrogens with one attached hydrogen (secondary N) is 1. The van der Waals surface area contributed by atoms with Gasteiger partial charge in [0, 0.05) is 56.9 Å². The summed E-state index contributed by atoms with van der Waals surface area (Å²) in [7, 11) is 4.00. The number of aryl methyl sites for hydroxylation is 2. The lowest BCUT2D eigenvalue weighted by Crippen LogP contribution is -2.45. The Labute approximate surface area is 165 Å². The summed E-state index contributed by atoms with van der Waals surface area (Å²) in [5.74, 6) is 0.794. The molecule has 1 aliphatic heterocycles. The number of amides is 1.